The Labute approximate surface area is 101 Å². The predicted molar refractivity (Wildman–Crippen MR) is 68.4 cm³/mol. The molecule has 0 spiro atoms. The first-order chi connectivity index (χ1) is 8.09. The third kappa shape index (κ3) is 2.18. The molecule has 0 aromatic heterocycles. The maximum Gasteiger partial charge on any atom is 0.166 e. The first kappa shape index (κ1) is 11.3. The Morgan fingerprint density at radius 2 is 1.65 bits per heavy atom. The zero-order valence-electron chi connectivity index (χ0n) is 9.81. The summed E-state index contributed by atoms with van der Waals surface area (Å²) in [7, 11) is 3.93. The Morgan fingerprint density at radius 3 is 2.24 bits per heavy atom. The summed E-state index contributed by atoms with van der Waals surface area (Å²) in [5.41, 5.74) is 2.41. The monoisotopic (exact) mass is 228 g/mol. The van der Waals surface area contributed by atoms with E-state index in [9.17, 15) is 10.2 Å². The van der Waals surface area contributed by atoms with E-state index < -0.39 is 0 Å². The van der Waals surface area contributed by atoms with Gasteiger partial charge in [0.15, 0.2) is 11.5 Å². The summed E-state index contributed by atoms with van der Waals surface area (Å²) in [6, 6.07) is 13.6. The smallest absolute Gasteiger partial charge is 0.166 e. The number of hydrogen-bond donors (Lipinski definition) is 2. The minimum absolute atomic E-state index is 0.129. The molecule has 0 saturated carbocycles. The predicted octanol–water partition coefficient (Wildman–Crippen LogP) is 2.63. The second-order valence-corrected chi connectivity index (χ2v) is 4.03. The van der Waals surface area contributed by atoms with Gasteiger partial charge < -0.3 is 15.1 Å². The third-order valence-electron chi connectivity index (χ3n) is 2.62. The summed E-state index contributed by atoms with van der Waals surface area (Å²) in [5.74, 6) is -0.263. The van der Waals surface area contributed by atoms with Crippen LogP contribution in [0.3, 0.4) is 0 Å². The summed E-state index contributed by atoms with van der Waals surface area (Å²) in [6.07, 6.45) is 0. The molecule has 0 amide bonds. The van der Waals surface area contributed by atoms with Gasteiger partial charge >= 0.3 is 0 Å². The SMILES string of the molecule is CN(C)c1ccc(-c2[c]ccc(O)c2O)cc1. The van der Waals surface area contributed by atoms with Crippen molar-refractivity contribution in [1.29, 1.82) is 0 Å². The average Bonchev–Trinajstić information content (AvgIpc) is 2.33. The molecule has 2 rings (SSSR count). The van der Waals surface area contributed by atoms with E-state index in [1.165, 1.54) is 6.07 Å². The van der Waals surface area contributed by atoms with Crippen LogP contribution in [0.5, 0.6) is 11.5 Å². The Balaban J connectivity index is 2.43. The summed E-state index contributed by atoms with van der Waals surface area (Å²) in [4.78, 5) is 2.00. The average molecular weight is 228 g/mol. The van der Waals surface area contributed by atoms with Crippen molar-refractivity contribution < 1.29 is 10.2 Å². The van der Waals surface area contributed by atoms with Gasteiger partial charge in [0.1, 0.15) is 0 Å². The molecule has 1 radical (unpaired) electrons. The zero-order chi connectivity index (χ0) is 12.4. The second-order valence-electron chi connectivity index (χ2n) is 4.03. The van der Waals surface area contributed by atoms with E-state index in [1.807, 2.05) is 43.3 Å². The third-order valence-corrected chi connectivity index (χ3v) is 2.62. The molecule has 0 fully saturated rings. The number of nitrogens with zero attached hydrogens (tertiary/aromatic N) is 1. The molecule has 2 aromatic carbocycles. The highest BCUT2D eigenvalue weighted by Crippen LogP contribution is 2.35. The molecule has 17 heavy (non-hydrogen) atoms. The Bertz CT molecular complexity index is 518. The maximum absolute atomic E-state index is 9.74. The van der Waals surface area contributed by atoms with E-state index in [0.29, 0.717) is 5.56 Å². The van der Waals surface area contributed by atoms with Crippen LogP contribution in [-0.4, -0.2) is 24.3 Å². The summed E-state index contributed by atoms with van der Waals surface area (Å²) in [5, 5.41) is 19.2. The van der Waals surface area contributed by atoms with Crippen molar-refractivity contribution in [2.75, 3.05) is 19.0 Å². The molecule has 0 atom stereocenters. The van der Waals surface area contributed by atoms with Crippen LogP contribution in [0.2, 0.25) is 0 Å². The molecule has 0 heterocycles. The number of hydrogen-bond acceptors (Lipinski definition) is 3. The molecule has 0 aliphatic rings. The van der Waals surface area contributed by atoms with Crippen LogP contribution >= 0.6 is 0 Å². The van der Waals surface area contributed by atoms with Crippen molar-refractivity contribution in [2.45, 2.75) is 0 Å². The van der Waals surface area contributed by atoms with Crippen LogP contribution in [0.15, 0.2) is 36.4 Å². The van der Waals surface area contributed by atoms with Gasteiger partial charge in [-0.15, -0.1) is 0 Å². The van der Waals surface area contributed by atoms with E-state index in [1.54, 1.807) is 6.07 Å². The number of phenols is 2. The number of rotatable bonds is 2. The van der Waals surface area contributed by atoms with Crippen LogP contribution < -0.4 is 4.90 Å². The van der Waals surface area contributed by atoms with Crippen LogP contribution in [0.4, 0.5) is 5.69 Å². The topological polar surface area (TPSA) is 43.7 Å². The molecule has 87 valence electrons. The van der Waals surface area contributed by atoms with Gasteiger partial charge in [-0.2, -0.15) is 0 Å². The first-order valence-corrected chi connectivity index (χ1v) is 5.30. The fourth-order valence-electron chi connectivity index (χ4n) is 1.63. The number of aromatic hydroxyl groups is 2. The molecular weight excluding hydrogens is 214 g/mol. The minimum Gasteiger partial charge on any atom is -0.504 e. The highest BCUT2D eigenvalue weighted by atomic mass is 16.3. The first-order valence-electron chi connectivity index (χ1n) is 5.30. The molecule has 3 nitrogen and oxygen atoms in total. The van der Waals surface area contributed by atoms with Crippen molar-refractivity contribution in [3.63, 3.8) is 0 Å². The van der Waals surface area contributed by atoms with Crippen LogP contribution in [0, 0.1) is 6.07 Å². The Kier molecular flexibility index (Phi) is 2.91. The summed E-state index contributed by atoms with van der Waals surface area (Å²) in [6.45, 7) is 0. The lowest BCUT2D eigenvalue weighted by Crippen LogP contribution is -2.07. The van der Waals surface area contributed by atoms with Crippen molar-refractivity contribution in [1.82, 2.24) is 0 Å². The maximum atomic E-state index is 9.74. The van der Waals surface area contributed by atoms with Gasteiger partial charge in [-0.1, -0.05) is 12.1 Å². The molecule has 0 aliphatic heterocycles. The second kappa shape index (κ2) is 4.37. The van der Waals surface area contributed by atoms with Crippen LogP contribution in [0.25, 0.3) is 11.1 Å². The van der Waals surface area contributed by atoms with Crippen molar-refractivity contribution in [2.24, 2.45) is 0 Å². The molecule has 0 unspecified atom stereocenters. The van der Waals surface area contributed by atoms with Gasteiger partial charge in [0.05, 0.1) is 0 Å². The van der Waals surface area contributed by atoms with E-state index in [2.05, 4.69) is 6.07 Å². The number of benzene rings is 2. The summed E-state index contributed by atoms with van der Waals surface area (Å²) < 4.78 is 0. The van der Waals surface area contributed by atoms with E-state index in [-0.39, 0.29) is 11.5 Å². The van der Waals surface area contributed by atoms with Gasteiger partial charge in [-0.3, -0.25) is 0 Å². The van der Waals surface area contributed by atoms with Crippen molar-refractivity contribution in [3.8, 4) is 22.6 Å². The van der Waals surface area contributed by atoms with E-state index in [4.69, 9.17) is 0 Å². The van der Waals surface area contributed by atoms with Gasteiger partial charge in [0.2, 0.25) is 0 Å². The Morgan fingerprint density at radius 1 is 1.00 bits per heavy atom. The van der Waals surface area contributed by atoms with Crippen LogP contribution in [0.1, 0.15) is 0 Å². The lowest BCUT2D eigenvalue weighted by atomic mass is 10.0. The molecule has 0 saturated heterocycles. The summed E-state index contributed by atoms with van der Waals surface area (Å²) >= 11 is 0. The van der Waals surface area contributed by atoms with Gasteiger partial charge in [-0.25, -0.2) is 0 Å². The molecule has 2 aromatic rings. The normalized spacial score (nSPS) is 10.2. The lowest BCUT2D eigenvalue weighted by molar-refractivity contribution is 0.405. The highest BCUT2D eigenvalue weighted by Gasteiger charge is 2.08. The van der Waals surface area contributed by atoms with Crippen LogP contribution in [-0.2, 0) is 0 Å². The van der Waals surface area contributed by atoms with E-state index in [0.717, 1.165) is 11.3 Å². The number of phenolic OH excluding ortho intramolecular Hbond substituents is 2. The highest BCUT2D eigenvalue weighted by molar-refractivity contribution is 5.73. The zero-order valence-corrected chi connectivity index (χ0v) is 9.81. The molecule has 3 heteroatoms. The molecule has 2 N–H and O–H groups in total. The largest absolute Gasteiger partial charge is 0.504 e. The quantitative estimate of drug-likeness (QED) is 0.776. The Hall–Kier alpha value is -2.16. The number of anilines is 1. The lowest BCUT2D eigenvalue weighted by Gasteiger charge is -2.13. The van der Waals surface area contributed by atoms with Gasteiger partial charge in [0.25, 0.3) is 0 Å². The van der Waals surface area contributed by atoms with Crippen molar-refractivity contribution in [3.05, 3.63) is 42.5 Å². The molecule has 0 bridgehead atoms. The molecule has 0 aliphatic carbocycles. The van der Waals surface area contributed by atoms with E-state index >= 15 is 0 Å². The van der Waals surface area contributed by atoms with Gasteiger partial charge in [-0.05, 0) is 35.9 Å². The molecular formula is C14H14NO2. The fraction of sp³-hybridized carbons (Fsp3) is 0.143. The standard InChI is InChI=1S/C14H14NO2/c1-15(2)11-8-6-10(7-9-11)12-4-3-5-13(16)14(12)17/h3,5-9,16-17H,1-2H3. The fourth-order valence-corrected chi connectivity index (χ4v) is 1.63. The van der Waals surface area contributed by atoms with Crippen molar-refractivity contribution >= 4 is 5.69 Å². The van der Waals surface area contributed by atoms with Gasteiger partial charge in [0, 0.05) is 25.3 Å². The minimum atomic E-state index is -0.134.